The molecule has 0 bridgehead atoms. The van der Waals surface area contributed by atoms with Crippen LogP contribution >= 0.6 is 46.4 Å². The van der Waals surface area contributed by atoms with Crippen molar-refractivity contribution in [2.45, 2.75) is 22.5 Å². The van der Waals surface area contributed by atoms with Gasteiger partial charge in [-0.1, -0.05) is 34.8 Å². The molecule has 1 fully saturated rings. The van der Waals surface area contributed by atoms with E-state index in [1.54, 1.807) is 0 Å². The average molecular weight is 354 g/mol. The maximum absolute atomic E-state index is 13.8. The number of hydrogen-bond donors (Lipinski definition) is 0. The maximum atomic E-state index is 13.8. The number of rotatable bonds is 4. The lowest BCUT2D eigenvalue weighted by atomic mass is 9.94. The Morgan fingerprint density at radius 3 is 1.95 bits per heavy atom. The monoisotopic (exact) mass is 352 g/mol. The summed E-state index contributed by atoms with van der Waals surface area (Å²) in [4.78, 5) is 0. The van der Waals surface area contributed by atoms with Gasteiger partial charge >= 0.3 is 5.38 Å². The van der Waals surface area contributed by atoms with Crippen LogP contribution in [0, 0.1) is 0 Å². The summed E-state index contributed by atoms with van der Waals surface area (Å²) < 4.78 is 44.6. The summed E-state index contributed by atoms with van der Waals surface area (Å²) in [6, 6.07) is 4.38. The normalized spacial score (nSPS) is 26.1. The first kappa shape index (κ1) is 15.5. The number of alkyl halides is 5. The van der Waals surface area contributed by atoms with Gasteiger partial charge in [-0.15, -0.1) is 0 Å². The summed E-state index contributed by atoms with van der Waals surface area (Å²) in [6.45, 7) is 0.0367. The van der Waals surface area contributed by atoms with E-state index >= 15 is 0 Å². The fourth-order valence-electron chi connectivity index (χ4n) is 1.73. The smallest absolute Gasteiger partial charge is 0.364 e. The zero-order valence-electron chi connectivity index (χ0n) is 9.20. The van der Waals surface area contributed by atoms with Gasteiger partial charge in [-0.25, -0.2) is 4.39 Å². The van der Waals surface area contributed by atoms with Crippen molar-refractivity contribution in [2.75, 3.05) is 6.61 Å². The minimum Gasteiger partial charge on any atom is -0.364 e. The van der Waals surface area contributed by atoms with Gasteiger partial charge in [0.25, 0.3) is 5.13 Å². The minimum absolute atomic E-state index is 0.0367. The van der Waals surface area contributed by atoms with Crippen molar-refractivity contribution in [3.05, 3.63) is 33.8 Å². The zero-order valence-corrected chi connectivity index (χ0v) is 12.2. The fraction of sp³-hybridized carbons (Fsp3) is 0.455. The molecule has 0 aromatic heterocycles. The molecule has 1 heterocycles. The van der Waals surface area contributed by atoms with Gasteiger partial charge < -0.3 is 4.74 Å². The van der Waals surface area contributed by atoms with Crippen molar-refractivity contribution in [3.63, 3.8) is 0 Å². The summed E-state index contributed by atoms with van der Waals surface area (Å²) >= 11 is 21.4. The highest BCUT2D eigenvalue weighted by atomic mass is 35.5. The van der Waals surface area contributed by atoms with Crippen LogP contribution in [0.2, 0.25) is 10.0 Å². The molecule has 1 aliphatic rings. The lowest BCUT2D eigenvalue weighted by molar-refractivity contribution is -0.0356. The van der Waals surface area contributed by atoms with E-state index in [0.29, 0.717) is 5.56 Å². The molecule has 8 heteroatoms. The maximum Gasteiger partial charge on any atom is 0.369 e. The molecule has 19 heavy (non-hydrogen) atoms. The number of ether oxygens (including phenoxy) is 1. The molecule has 0 spiro atoms. The van der Waals surface area contributed by atoms with Crippen LogP contribution in [0.25, 0.3) is 0 Å². The first-order chi connectivity index (χ1) is 8.56. The summed E-state index contributed by atoms with van der Waals surface area (Å²) in [5.41, 5.74) is -0.891. The van der Waals surface area contributed by atoms with Crippen molar-refractivity contribution in [3.8, 4) is 0 Å². The lowest BCUT2D eigenvalue weighted by Crippen LogP contribution is -2.38. The van der Waals surface area contributed by atoms with Crippen molar-refractivity contribution in [1.82, 2.24) is 0 Å². The molecular weight excluding hydrogens is 347 g/mol. The third-order valence-electron chi connectivity index (χ3n) is 2.80. The topological polar surface area (TPSA) is 12.5 Å². The molecule has 1 saturated heterocycles. The number of benzene rings is 1. The third kappa shape index (κ3) is 3.24. The molecule has 1 aromatic carbocycles. The predicted molar refractivity (Wildman–Crippen MR) is 69.2 cm³/mol. The first-order valence-corrected chi connectivity index (χ1v) is 6.62. The van der Waals surface area contributed by atoms with Gasteiger partial charge in [-0.2, -0.15) is 8.78 Å². The van der Waals surface area contributed by atoms with Gasteiger partial charge in [0.1, 0.15) is 5.60 Å². The van der Waals surface area contributed by atoms with Crippen LogP contribution in [-0.4, -0.2) is 17.1 Å². The number of halogens is 7. The van der Waals surface area contributed by atoms with Crippen LogP contribution in [0.4, 0.5) is 13.2 Å². The van der Waals surface area contributed by atoms with E-state index < -0.39 is 22.5 Å². The molecule has 0 radical (unpaired) electrons. The van der Waals surface area contributed by atoms with Gasteiger partial charge in [0, 0.05) is 16.5 Å². The Hall–Kier alpha value is 0.130. The fourth-order valence-corrected chi connectivity index (χ4v) is 2.54. The number of epoxide rings is 1. The average Bonchev–Trinajstić information content (AvgIpc) is 2.94. The number of hydrogen-bond acceptors (Lipinski definition) is 1. The van der Waals surface area contributed by atoms with Crippen LogP contribution in [0.15, 0.2) is 18.2 Å². The Kier molecular flexibility index (Phi) is 3.96. The zero-order chi connectivity index (χ0) is 14.5. The minimum atomic E-state index is -4.21. The van der Waals surface area contributed by atoms with E-state index in [0.717, 1.165) is 0 Å². The van der Waals surface area contributed by atoms with Crippen LogP contribution in [0.5, 0.6) is 0 Å². The second-order valence-corrected chi connectivity index (χ2v) is 6.27. The van der Waals surface area contributed by atoms with Gasteiger partial charge in [0.05, 0.1) is 6.61 Å². The van der Waals surface area contributed by atoms with Crippen LogP contribution in [0.1, 0.15) is 12.0 Å². The summed E-state index contributed by atoms with van der Waals surface area (Å²) in [6.07, 6.45) is -0.811. The van der Waals surface area contributed by atoms with E-state index in [-0.39, 0.29) is 16.7 Å². The second-order valence-electron chi connectivity index (χ2n) is 4.32. The van der Waals surface area contributed by atoms with Gasteiger partial charge in [-0.05, 0) is 35.4 Å². The molecule has 0 amide bonds. The van der Waals surface area contributed by atoms with E-state index in [1.807, 2.05) is 0 Å². The molecule has 106 valence electrons. The van der Waals surface area contributed by atoms with E-state index in [9.17, 15) is 13.2 Å². The quantitative estimate of drug-likeness (QED) is 0.525. The predicted octanol–water partition coefficient (Wildman–Crippen LogP) is 5.35. The molecule has 1 aromatic rings. The van der Waals surface area contributed by atoms with Crippen molar-refractivity contribution in [1.29, 1.82) is 0 Å². The lowest BCUT2D eigenvalue weighted by Gasteiger charge is -2.26. The molecule has 1 nitrogen and oxygen atoms in total. The van der Waals surface area contributed by atoms with Crippen LogP contribution in [-0.2, 0) is 10.3 Å². The molecule has 2 unspecified atom stereocenters. The second kappa shape index (κ2) is 4.85. The SMILES string of the molecule is FC(F)(Cl)C(F)(Cl)CC1(c2cc(Cl)cc(Cl)c2)CO1. The standard InChI is InChI=1S/C11H7Cl4F3O/c12-7-1-6(2-8(13)3-7)9(5-19-9)4-10(14,16)11(15,17)18/h1-3H,4-5H2. The first-order valence-electron chi connectivity index (χ1n) is 5.11. The van der Waals surface area contributed by atoms with E-state index in [4.69, 9.17) is 39.5 Å². The summed E-state index contributed by atoms with van der Waals surface area (Å²) in [5.74, 6) is 0. The Morgan fingerprint density at radius 2 is 1.58 bits per heavy atom. The Balaban J connectivity index is 2.29. The highest BCUT2D eigenvalue weighted by molar-refractivity contribution is 6.34. The Bertz CT molecular complexity index is 477. The van der Waals surface area contributed by atoms with Crippen molar-refractivity contribution in [2.24, 2.45) is 0 Å². The van der Waals surface area contributed by atoms with E-state index in [2.05, 4.69) is 11.6 Å². The van der Waals surface area contributed by atoms with Crippen LogP contribution in [0.3, 0.4) is 0 Å². The highest BCUT2D eigenvalue weighted by Gasteiger charge is 2.61. The summed E-state index contributed by atoms with van der Waals surface area (Å²) in [5, 5.41) is -7.07. The Labute approximate surface area is 127 Å². The molecule has 1 aliphatic heterocycles. The van der Waals surface area contributed by atoms with Gasteiger partial charge in [0.15, 0.2) is 0 Å². The van der Waals surface area contributed by atoms with Crippen LogP contribution < -0.4 is 0 Å². The molecule has 2 rings (SSSR count). The van der Waals surface area contributed by atoms with E-state index in [1.165, 1.54) is 18.2 Å². The summed E-state index contributed by atoms with van der Waals surface area (Å²) in [7, 11) is 0. The molecule has 0 aliphatic carbocycles. The molecule has 2 atom stereocenters. The largest absolute Gasteiger partial charge is 0.369 e. The molecular formula is C11H7Cl4F3O. The van der Waals surface area contributed by atoms with Gasteiger partial charge in [0.2, 0.25) is 0 Å². The molecule has 0 N–H and O–H groups in total. The highest BCUT2D eigenvalue weighted by Crippen LogP contribution is 2.53. The van der Waals surface area contributed by atoms with Crippen molar-refractivity contribution >= 4 is 46.4 Å². The van der Waals surface area contributed by atoms with Crippen molar-refractivity contribution < 1.29 is 17.9 Å². The third-order valence-corrected chi connectivity index (χ3v) is 4.01. The van der Waals surface area contributed by atoms with Gasteiger partial charge in [-0.3, -0.25) is 0 Å². The molecule has 0 saturated carbocycles. The Morgan fingerprint density at radius 1 is 1.11 bits per heavy atom.